The summed E-state index contributed by atoms with van der Waals surface area (Å²) in [5.74, 6) is -1.37. The van der Waals surface area contributed by atoms with Crippen LogP contribution in [0.3, 0.4) is 0 Å². The summed E-state index contributed by atoms with van der Waals surface area (Å²) in [6, 6.07) is 7.43. The maximum atomic E-state index is 13.3. The van der Waals surface area contributed by atoms with Gasteiger partial charge in [-0.1, -0.05) is 6.07 Å². The monoisotopic (exact) mass is 284 g/mol. The molecular weight excluding hydrogens is 278 g/mol. The number of nitrogens with zero attached hydrogens (tertiary/aromatic N) is 1. The zero-order valence-electron chi connectivity index (χ0n) is 8.05. The van der Waals surface area contributed by atoms with Gasteiger partial charge in [0.15, 0.2) is 11.6 Å². The van der Waals surface area contributed by atoms with Crippen molar-refractivity contribution in [1.29, 1.82) is 0 Å². The van der Waals surface area contributed by atoms with E-state index < -0.39 is 11.6 Å². The fraction of sp³-hybridized carbons (Fsp3) is 0. The van der Waals surface area contributed by atoms with Crippen molar-refractivity contribution in [3.63, 3.8) is 0 Å². The van der Waals surface area contributed by atoms with Crippen molar-refractivity contribution in [3.8, 4) is 0 Å². The lowest BCUT2D eigenvalue weighted by Crippen LogP contribution is -1.98. The minimum atomic E-state index is -0.917. The number of aromatic nitrogens is 1. The van der Waals surface area contributed by atoms with Crippen molar-refractivity contribution in [2.45, 2.75) is 0 Å². The molecule has 2 nitrogen and oxygen atoms in total. The van der Waals surface area contributed by atoms with Crippen LogP contribution in [0.15, 0.2) is 41.0 Å². The third-order valence-corrected chi connectivity index (χ3v) is 2.60. The SMILES string of the molecule is Fc1cccc(Nc2ncccc2Br)c1F. The molecule has 0 bridgehead atoms. The van der Waals surface area contributed by atoms with Crippen LogP contribution < -0.4 is 5.32 Å². The topological polar surface area (TPSA) is 24.9 Å². The first-order valence-corrected chi connectivity index (χ1v) is 5.29. The van der Waals surface area contributed by atoms with Gasteiger partial charge in [-0.3, -0.25) is 0 Å². The summed E-state index contributed by atoms with van der Waals surface area (Å²) in [7, 11) is 0. The van der Waals surface area contributed by atoms with Crippen molar-refractivity contribution >= 4 is 27.4 Å². The molecule has 0 unspecified atom stereocenters. The van der Waals surface area contributed by atoms with Gasteiger partial charge in [0.25, 0.3) is 0 Å². The summed E-state index contributed by atoms with van der Waals surface area (Å²) >= 11 is 3.26. The Labute approximate surface area is 99.5 Å². The maximum Gasteiger partial charge on any atom is 0.182 e. The van der Waals surface area contributed by atoms with E-state index in [-0.39, 0.29) is 5.69 Å². The molecule has 1 aromatic heterocycles. The summed E-state index contributed by atoms with van der Waals surface area (Å²) in [5.41, 5.74) is 0.0550. The van der Waals surface area contributed by atoms with Crippen LogP contribution in [0.2, 0.25) is 0 Å². The highest BCUT2D eigenvalue weighted by molar-refractivity contribution is 9.10. The van der Waals surface area contributed by atoms with Crippen molar-refractivity contribution in [3.05, 3.63) is 52.6 Å². The second-order valence-corrected chi connectivity index (χ2v) is 3.91. The number of benzene rings is 1. The minimum absolute atomic E-state index is 0.0550. The van der Waals surface area contributed by atoms with E-state index in [1.54, 1.807) is 18.3 Å². The third-order valence-electron chi connectivity index (χ3n) is 1.96. The van der Waals surface area contributed by atoms with Crippen LogP contribution in [-0.2, 0) is 0 Å². The standard InChI is InChI=1S/C11H7BrF2N2/c12-7-3-2-6-15-11(7)16-9-5-1-4-8(13)10(9)14/h1-6H,(H,15,16). The Morgan fingerprint density at radius 3 is 2.69 bits per heavy atom. The lowest BCUT2D eigenvalue weighted by atomic mass is 10.3. The summed E-state index contributed by atoms with van der Waals surface area (Å²) < 4.78 is 27.0. The van der Waals surface area contributed by atoms with Gasteiger partial charge in [0.1, 0.15) is 5.82 Å². The average Bonchev–Trinajstić information content (AvgIpc) is 2.28. The van der Waals surface area contributed by atoms with E-state index in [2.05, 4.69) is 26.2 Å². The predicted molar refractivity (Wildman–Crippen MR) is 61.6 cm³/mol. The summed E-state index contributed by atoms with van der Waals surface area (Å²) in [6.07, 6.45) is 1.56. The molecule has 0 spiro atoms. The molecule has 0 aliphatic heterocycles. The molecule has 1 aromatic carbocycles. The third kappa shape index (κ3) is 2.19. The molecule has 0 saturated carbocycles. The molecule has 2 aromatic rings. The molecule has 0 atom stereocenters. The molecule has 0 aliphatic rings. The van der Waals surface area contributed by atoms with Crippen LogP contribution in [0.25, 0.3) is 0 Å². The highest BCUT2D eigenvalue weighted by Crippen LogP contribution is 2.25. The van der Waals surface area contributed by atoms with Gasteiger partial charge < -0.3 is 5.32 Å². The molecule has 0 fully saturated rings. The summed E-state index contributed by atoms with van der Waals surface area (Å²) in [5, 5.41) is 2.71. The Morgan fingerprint density at radius 2 is 1.94 bits per heavy atom. The molecule has 2 rings (SSSR count). The van der Waals surface area contributed by atoms with Gasteiger partial charge in [-0.05, 0) is 40.2 Å². The first-order valence-electron chi connectivity index (χ1n) is 4.50. The van der Waals surface area contributed by atoms with Crippen molar-refractivity contribution < 1.29 is 8.78 Å². The second-order valence-electron chi connectivity index (χ2n) is 3.06. The molecule has 0 radical (unpaired) electrons. The van der Waals surface area contributed by atoms with Crippen LogP contribution in [0.1, 0.15) is 0 Å². The Morgan fingerprint density at radius 1 is 1.12 bits per heavy atom. The van der Waals surface area contributed by atoms with E-state index in [1.165, 1.54) is 12.1 Å². The first-order chi connectivity index (χ1) is 7.68. The normalized spacial score (nSPS) is 10.2. The Kier molecular flexibility index (Phi) is 3.14. The minimum Gasteiger partial charge on any atom is -0.337 e. The van der Waals surface area contributed by atoms with Gasteiger partial charge >= 0.3 is 0 Å². The highest BCUT2D eigenvalue weighted by Gasteiger charge is 2.09. The van der Waals surface area contributed by atoms with Crippen molar-refractivity contribution in [1.82, 2.24) is 4.98 Å². The van der Waals surface area contributed by atoms with Crippen LogP contribution in [0.5, 0.6) is 0 Å². The van der Waals surface area contributed by atoms with Crippen LogP contribution in [0, 0.1) is 11.6 Å². The first kappa shape index (κ1) is 11.0. The molecule has 82 valence electrons. The van der Waals surface area contributed by atoms with E-state index in [0.717, 1.165) is 6.07 Å². The molecule has 1 N–H and O–H groups in total. The van der Waals surface area contributed by atoms with E-state index in [1.807, 2.05) is 0 Å². The number of halogens is 3. The highest BCUT2D eigenvalue weighted by atomic mass is 79.9. The van der Waals surface area contributed by atoms with E-state index in [4.69, 9.17) is 0 Å². The molecule has 5 heteroatoms. The number of hydrogen-bond donors (Lipinski definition) is 1. The molecule has 0 saturated heterocycles. The fourth-order valence-electron chi connectivity index (χ4n) is 1.21. The number of nitrogens with one attached hydrogen (secondary N) is 1. The largest absolute Gasteiger partial charge is 0.337 e. The summed E-state index contributed by atoms with van der Waals surface area (Å²) in [6.45, 7) is 0. The second kappa shape index (κ2) is 4.57. The van der Waals surface area contributed by atoms with Gasteiger partial charge in [-0.25, -0.2) is 13.8 Å². The molecular formula is C11H7BrF2N2. The molecule has 0 aliphatic carbocycles. The maximum absolute atomic E-state index is 13.3. The van der Waals surface area contributed by atoms with Gasteiger partial charge in [0.05, 0.1) is 10.2 Å². The lowest BCUT2D eigenvalue weighted by molar-refractivity contribution is 0.511. The van der Waals surface area contributed by atoms with E-state index in [9.17, 15) is 8.78 Å². The van der Waals surface area contributed by atoms with Crippen molar-refractivity contribution in [2.24, 2.45) is 0 Å². The van der Waals surface area contributed by atoms with Crippen LogP contribution >= 0.6 is 15.9 Å². The smallest absolute Gasteiger partial charge is 0.182 e. The number of anilines is 2. The summed E-state index contributed by atoms with van der Waals surface area (Å²) in [4.78, 5) is 4.00. The van der Waals surface area contributed by atoms with Gasteiger partial charge in [0, 0.05) is 6.20 Å². The van der Waals surface area contributed by atoms with Gasteiger partial charge in [0.2, 0.25) is 0 Å². The quantitative estimate of drug-likeness (QED) is 0.906. The average molecular weight is 285 g/mol. The zero-order valence-corrected chi connectivity index (χ0v) is 9.63. The number of hydrogen-bond acceptors (Lipinski definition) is 2. The van der Waals surface area contributed by atoms with Crippen LogP contribution in [0.4, 0.5) is 20.3 Å². The van der Waals surface area contributed by atoms with Crippen molar-refractivity contribution in [2.75, 3.05) is 5.32 Å². The molecule has 1 heterocycles. The number of pyridine rings is 1. The fourth-order valence-corrected chi connectivity index (χ4v) is 1.56. The Hall–Kier alpha value is -1.49. The van der Waals surface area contributed by atoms with E-state index >= 15 is 0 Å². The zero-order chi connectivity index (χ0) is 11.5. The van der Waals surface area contributed by atoms with E-state index in [0.29, 0.717) is 10.3 Å². The number of rotatable bonds is 2. The molecule has 0 amide bonds. The van der Waals surface area contributed by atoms with Gasteiger partial charge in [-0.15, -0.1) is 0 Å². The molecule has 16 heavy (non-hydrogen) atoms. The lowest BCUT2D eigenvalue weighted by Gasteiger charge is -2.08. The predicted octanol–water partition coefficient (Wildman–Crippen LogP) is 3.87. The Bertz CT molecular complexity index is 517. The van der Waals surface area contributed by atoms with Crippen LogP contribution in [-0.4, -0.2) is 4.98 Å². The Balaban J connectivity index is 2.35. The van der Waals surface area contributed by atoms with Gasteiger partial charge in [-0.2, -0.15) is 0 Å².